The molecule has 0 saturated carbocycles. The molecule has 5 nitrogen and oxygen atoms in total. The highest BCUT2D eigenvalue weighted by Crippen LogP contribution is 2.32. The van der Waals surface area contributed by atoms with Gasteiger partial charge in [0, 0.05) is 0 Å². The summed E-state index contributed by atoms with van der Waals surface area (Å²) >= 11 is 1.58. The molecule has 88 valence electrons. The van der Waals surface area contributed by atoms with E-state index in [0.717, 1.165) is 10.6 Å². The number of carbonyl (C=O) groups is 1. The van der Waals surface area contributed by atoms with Gasteiger partial charge in [0.05, 0.1) is 30.0 Å². The number of aromatic amines is 1. The van der Waals surface area contributed by atoms with Crippen molar-refractivity contribution < 1.29 is 14.6 Å². The number of carboxylic acids is 1. The molecule has 0 atom stereocenters. The first kappa shape index (κ1) is 10.5. The molecule has 2 aromatic heterocycles. The standard InChI is InChI=1S/C11H10N2O3S/c14-10(15)11(5-16-6-11)9-12-4-7(13-9)8-2-1-3-17-8/h1-4H,5-6H2,(H,12,13)(H,14,15). The average Bonchev–Trinajstić information content (AvgIpc) is 2.83. The van der Waals surface area contributed by atoms with E-state index in [1.807, 2.05) is 17.5 Å². The Kier molecular flexibility index (Phi) is 2.27. The Morgan fingerprint density at radius 3 is 2.94 bits per heavy atom. The smallest absolute Gasteiger partial charge is 0.322 e. The van der Waals surface area contributed by atoms with Crippen molar-refractivity contribution in [1.29, 1.82) is 0 Å². The predicted octanol–water partition coefficient (Wildman–Crippen LogP) is 1.49. The second-order valence-electron chi connectivity index (χ2n) is 4.00. The molecule has 6 heteroatoms. The van der Waals surface area contributed by atoms with Crippen molar-refractivity contribution in [2.75, 3.05) is 13.2 Å². The highest BCUT2D eigenvalue weighted by molar-refractivity contribution is 7.13. The number of H-pyrrole nitrogens is 1. The van der Waals surface area contributed by atoms with E-state index in [0.29, 0.717) is 5.82 Å². The zero-order valence-corrected chi connectivity index (χ0v) is 9.66. The lowest BCUT2D eigenvalue weighted by Crippen LogP contribution is -2.53. The summed E-state index contributed by atoms with van der Waals surface area (Å²) in [7, 11) is 0. The number of carboxylic acid groups (broad SMARTS) is 1. The van der Waals surface area contributed by atoms with Crippen molar-refractivity contribution >= 4 is 17.3 Å². The third-order valence-corrected chi connectivity index (χ3v) is 3.83. The Morgan fingerprint density at radius 2 is 2.41 bits per heavy atom. The van der Waals surface area contributed by atoms with E-state index >= 15 is 0 Å². The second-order valence-corrected chi connectivity index (χ2v) is 4.95. The number of rotatable bonds is 3. The normalized spacial score (nSPS) is 17.6. The number of nitrogens with zero attached hydrogens (tertiary/aromatic N) is 1. The van der Waals surface area contributed by atoms with E-state index in [9.17, 15) is 9.90 Å². The van der Waals surface area contributed by atoms with Gasteiger partial charge >= 0.3 is 5.97 Å². The Balaban J connectivity index is 1.98. The molecule has 3 heterocycles. The number of ether oxygens (including phenoxy) is 1. The summed E-state index contributed by atoms with van der Waals surface area (Å²) in [5.41, 5.74) is -0.141. The Morgan fingerprint density at radius 1 is 1.59 bits per heavy atom. The van der Waals surface area contributed by atoms with Crippen LogP contribution in [-0.2, 0) is 14.9 Å². The second kappa shape index (κ2) is 3.68. The number of hydrogen-bond acceptors (Lipinski definition) is 4. The molecular weight excluding hydrogens is 240 g/mol. The van der Waals surface area contributed by atoms with Gasteiger partial charge in [-0.05, 0) is 11.4 Å². The van der Waals surface area contributed by atoms with Gasteiger partial charge in [0.1, 0.15) is 5.82 Å². The van der Waals surface area contributed by atoms with Crippen LogP contribution in [0.15, 0.2) is 23.7 Å². The number of aliphatic carboxylic acids is 1. The topological polar surface area (TPSA) is 75.2 Å². The minimum absolute atomic E-state index is 0.180. The molecule has 2 N–H and O–H groups in total. The largest absolute Gasteiger partial charge is 0.480 e. The van der Waals surface area contributed by atoms with Crippen LogP contribution in [-0.4, -0.2) is 34.3 Å². The first-order valence-corrected chi connectivity index (χ1v) is 6.01. The number of hydrogen-bond donors (Lipinski definition) is 2. The SMILES string of the molecule is O=C(O)C1(c2ncc(-c3cccs3)[nH]2)COC1. The van der Waals surface area contributed by atoms with E-state index in [1.54, 1.807) is 17.5 Å². The van der Waals surface area contributed by atoms with E-state index in [1.165, 1.54) is 0 Å². The van der Waals surface area contributed by atoms with Gasteiger partial charge in [-0.3, -0.25) is 4.79 Å². The van der Waals surface area contributed by atoms with Crippen LogP contribution in [0.4, 0.5) is 0 Å². The zero-order chi connectivity index (χ0) is 11.9. The van der Waals surface area contributed by atoms with Crippen LogP contribution in [0.1, 0.15) is 5.82 Å². The van der Waals surface area contributed by atoms with Crippen molar-refractivity contribution in [3.05, 3.63) is 29.5 Å². The minimum Gasteiger partial charge on any atom is -0.480 e. The molecule has 0 unspecified atom stereocenters. The Bertz CT molecular complexity index is 543. The predicted molar refractivity (Wildman–Crippen MR) is 62.0 cm³/mol. The van der Waals surface area contributed by atoms with Gasteiger partial charge in [-0.1, -0.05) is 6.07 Å². The quantitative estimate of drug-likeness (QED) is 0.865. The lowest BCUT2D eigenvalue weighted by Gasteiger charge is -2.35. The van der Waals surface area contributed by atoms with Gasteiger partial charge in [-0.2, -0.15) is 0 Å². The van der Waals surface area contributed by atoms with Crippen LogP contribution in [0.25, 0.3) is 10.6 Å². The fourth-order valence-corrected chi connectivity index (χ4v) is 2.48. The van der Waals surface area contributed by atoms with Crippen molar-refractivity contribution in [3.8, 4) is 10.6 Å². The van der Waals surface area contributed by atoms with Gasteiger partial charge < -0.3 is 14.8 Å². The summed E-state index contributed by atoms with van der Waals surface area (Å²) in [6.45, 7) is 0.361. The maximum Gasteiger partial charge on any atom is 0.322 e. The maximum absolute atomic E-state index is 11.3. The van der Waals surface area contributed by atoms with Crippen LogP contribution in [0, 0.1) is 0 Å². The van der Waals surface area contributed by atoms with Crippen LogP contribution in [0.3, 0.4) is 0 Å². The fraction of sp³-hybridized carbons (Fsp3) is 0.273. The first-order valence-electron chi connectivity index (χ1n) is 5.13. The molecule has 1 aliphatic heterocycles. The molecule has 0 aromatic carbocycles. The minimum atomic E-state index is -0.991. The molecule has 1 aliphatic rings. The van der Waals surface area contributed by atoms with Gasteiger partial charge in [0.15, 0.2) is 5.41 Å². The molecule has 2 aromatic rings. The van der Waals surface area contributed by atoms with E-state index in [-0.39, 0.29) is 13.2 Å². The lowest BCUT2D eigenvalue weighted by molar-refractivity contribution is -0.163. The third-order valence-electron chi connectivity index (χ3n) is 2.92. The highest BCUT2D eigenvalue weighted by Gasteiger charge is 2.50. The molecule has 17 heavy (non-hydrogen) atoms. The van der Waals surface area contributed by atoms with Crippen molar-refractivity contribution in [2.45, 2.75) is 5.41 Å². The molecule has 0 bridgehead atoms. The van der Waals surface area contributed by atoms with Crippen LogP contribution in [0.2, 0.25) is 0 Å². The molecule has 0 radical (unpaired) electrons. The zero-order valence-electron chi connectivity index (χ0n) is 8.84. The van der Waals surface area contributed by atoms with E-state index in [2.05, 4.69) is 9.97 Å². The number of thiophene rings is 1. The van der Waals surface area contributed by atoms with Gasteiger partial charge in [0.25, 0.3) is 0 Å². The highest BCUT2D eigenvalue weighted by atomic mass is 32.1. The molecule has 1 fully saturated rings. The monoisotopic (exact) mass is 250 g/mol. The summed E-state index contributed by atoms with van der Waals surface area (Å²) in [4.78, 5) is 19.6. The van der Waals surface area contributed by atoms with Crippen molar-refractivity contribution in [1.82, 2.24) is 9.97 Å². The molecular formula is C11H10N2O3S. The Hall–Kier alpha value is -1.66. The lowest BCUT2D eigenvalue weighted by atomic mass is 9.85. The first-order chi connectivity index (χ1) is 8.22. The number of nitrogens with one attached hydrogen (secondary N) is 1. The average molecular weight is 250 g/mol. The van der Waals surface area contributed by atoms with E-state index < -0.39 is 11.4 Å². The summed E-state index contributed by atoms with van der Waals surface area (Å²) in [6.07, 6.45) is 1.67. The van der Waals surface area contributed by atoms with Gasteiger partial charge in [-0.25, -0.2) is 4.98 Å². The molecule has 1 saturated heterocycles. The molecule has 3 rings (SSSR count). The Labute approximate surface area is 101 Å². The summed E-state index contributed by atoms with van der Waals surface area (Å²) in [5, 5.41) is 11.2. The number of aromatic nitrogens is 2. The summed E-state index contributed by atoms with van der Waals surface area (Å²) in [6, 6.07) is 3.91. The molecule has 0 aliphatic carbocycles. The molecule has 0 amide bonds. The summed E-state index contributed by atoms with van der Waals surface area (Å²) in [5.74, 6) is -0.421. The number of imidazole rings is 1. The van der Waals surface area contributed by atoms with Crippen LogP contribution < -0.4 is 0 Å². The van der Waals surface area contributed by atoms with E-state index in [4.69, 9.17) is 4.74 Å². The van der Waals surface area contributed by atoms with Crippen molar-refractivity contribution in [3.63, 3.8) is 0 Å². The van der Waals surface area contributed by atoms with Gasteiger partial charge in [0.2, 0.25) is 0 Å². The third kappa shape index (κ3) is 1.49. The summed E-state index contributed by atoms with van der Waals surface area (Å²) < 4.78 is 5.02. The van der Waals surface area contributed by atoms with Gasteiger partial charge in [-0.15, -0.1) is 11.3 Å². The maximum atomic E-state index is 11.3. The fourth-order valence-electron chi connectivity index (χ4n) is 1.79. The van der Waals surface area contributed by atoms with Crippen molar-refractivity contribution in [2.24, 2.45) is 0 Å². The van der Waals surface area contributed by atoms with Crippen LogP contribution in [0.5, 0.6) is 0 Å². The van der Waals surface area contributed by atoms with Crippen LogP contribution >= 0.6 is 11.3 Å². The molecule has 0 spiro atoms.